The third-order valence-electron chi connectivity index (χ3n) is 3.70. The van der Waals surface area contributed by atoms with Crippen LogP contribution in [-0.4, -0.2) is 20.2 Å². The molecule has 0 fully saturated rings. The molecule has 3 nitrogen and oxygen atoms in total. The number of ether oxygens (including phenoxy) is 1. The molecular formula is C17H19ClN2O. The lowest BCUT2D eigenvalue weighted by Gasteiger charge is -2.25. The number of anilines is 1. The van der Waals surface area contributed by atoms with E-state index in [0.717, 1.165) is 30.4 Å². The molecule has 1 heterocycles. The average molecular weight is 303 g/mol. The van der Waals surface area contributed by atoms with E-state index in [2.05, 4.69) is 28.4 Å². The molecule has 1 N–H and O–H groups in total. The highest BCUT2D eigenvalue weighted by Gasteiger charge is 2.17. The molecule has 110 valence electrons. The first-order valence-corrected chi connectivity index (χ1v) is 7.54. The molecule has 2 aromatic carbocycles. The van der Waals surface area contributed by atoms with Gasteiger partial charge in [-0.1, -0.05) is 29.8 Å². The van der Waals surface area contributed by atoms with E-state index < -0.39 is 0 Å². The smallest absolute Gasteiger partial charge is 0.124 e. The summed E-state index contributed by atoms with van der Waals surface area (Å²) in [6.45, 7) is 3.22. The van der Waals surface area contributed by atoms with Gasteiger partial charge in [-0.05, 0) is 36.9 Å². The predicted molar refractivity (Wildman–Crippen MR) is 87.2 cm³/mol. The maximum atomic E-state index is 6.13. The van der Waals surface area contributed by atoms with Gasteiger partial charge in [-0.2, -0.15) is 0 Å². The topological polar surface area (TPSA) is 24.5 Å². The molecule has 0 amide bonds. The summed E-state index contributed by atoms with van der Waals surface area (Å²) in [6, 6.07) is 14.3. The summed E-state index contributed by atoms with van der Waals surface area (Å²) < 4.78 is 5.84. The summed E-state index contributed by atoms with van der Waals surface area (Å²) in [5, 5.41) is 3.98. The molecule has 0 saturated carbocycles. The largest absolute Gasteiger partial charge is 0.491 e. The molecule has 0 atom stereocenters. The van der Waals surface area contributed by atoms with Gasteiger partial charge in [0.25, 0.3) is 0 Å². The van der Waals surface area contributed by atoms with Crippen LogP contribution < -0.4 is 15.0 Å². The first-order chi connectivity index (χ1) is 10.3. The molecular weight excluding hydrogens is 284 g/mol. The van der Waals surface area contributed by atoms with Gasteiger partial charge in [-0.25, -0.2) is 0 Å². The summed E-state index contributed by atoms with van der Waals surface area (Å²) in [7, 11) is 1.95. The highest BCUT2D eigenvalue weighted by Crippen LogP contribution is 2.29. The molecule has 0 radical (unpaired) electrons. The monoisotopic (exact) mass is 302 g/mol. The summed E-state index contributed by atoms with van der Waals surface area (Å²) in [6.07, 6.45) is 0. The van der Waals surface area contributed by atoms with E-state index in [1.54, 1.807) is 0 Å². The summed E-state index contributed by atoms with van der Waals surface area (Å²) in [5.74, 6) is 0.990. The lowest BCUT2D eigenvalue weighted by Crippen LogP contribution is -2.27. The summed E-state index contributed by atoms with van der Waals surface area (Å²) in [4.78, 5) is 2.36. The van der Waals surface area contributed by atoms with E-state index in [1.165, 1.54) is 16.8 Å². The van der Waals surface area contributed by atoms with Crippen LogP contribution in [0.5, 0.6) is 5.75 Å². The minimum Gasteiger partial charge on any atom is -0.491 e. The minimum absolute atomic E-state index is 0.693. The zero-order valence-corrected chi connectivity index (χ0v) is 12.9. The van der Waals surface area contributed by atoms with Crippen molar-refractivity contribution in [3.63, 3.8) is 0 Å². The molecule has 1 aliphatic heterocycles. The van der Waals surface area contributed by atoms with E-state index in [-0.39, 0.29) is 0 Å². The molecule has 1 aliphatic rings. The number of nitrogens with zero attached hydrogens (tertiary/aromatic N) is 1. The van der Waals surface area contributed by atoms with Crippen molar-refractivity contribution in [1.82, 2.24) is 5.32 Å². The zero-order chi connectivity index (χ0) is 14.7. The third-order valence-corrected chi connectivity index (χ3v) is 3.94. The Balaban J connectivity index is 1.94. The highest BCUT2D eigenvalue weighted by atomic mass is 35.5. The van der Waals surface area contributed by atoms with Crippen LogP contribution in [0.3, 0.4) is 0 Å². The number of halogens is 1. The number of fused-ring (bicyclic) bond motifs is 1. The van der Waals surface area contributed by atoms with Crippen LogP contribution in [0.4, 0.5) is 5.69 Å². The minimum atomic E-state index is 0.693. The maximum Gasteiger partial charge on any atom is 0.124 e. The lowest BCUT2D eigenvalue weighted by atomic mass is 10.1. The molecule has 0 unspecified atom stereocenters. The van der Waals surface area contributed by atoms with Gasteiger partial charge in [-0.3, -0.25) is 0 Å². The molecule has 2 aromatic rings. The van der Waals surface area contributed by atoms with Crippen LogP contribution in [-0.2, 0) is 13.1 Å². The number of benzene rings is 2. The Morgan fingerprint density at radius 2 is 2.10 bits per heavy atom. The van der Waals surface area contributed by atoms with Crippen molar-refractivity contribution in [3.8, 4) is 5.75 Å². The van der Waals surface area contributed by atoms with Crippen molar-refractivity contribution in [2.24, 2.45) is 0 Å². The van der Waals surface area contributed by atoms with Crippen LogP contribution in [0.1, 0.15) is 11.1 Å². The second-order valence-electron chi connectivity index (χ2n) is 5.18. The van der Waals surface area contributed by atoms with Crippen LogP contribution in [0.15, 0.2) is 42.5 Å². The SMILES string of the molecule is CNCc1cc(Cl)ccc1N1CCOc2ccccc2C1. The predicted octanol–water partition coefficient (Wildman–Crippen LogP) is 3.46. The Bertz CT molecular complexity index is 630. The van der Waals surface area contributed by atoms with Crippen molar-refractivity contribution in [3.05, 3.63) is 58.6 Å². The van der Waals surface area contributed by atoms with E-state index in [9.17, 15) is 0 Å². The molecule has 21 heavy (non-hydrogen) atoms. The van der Waals surface area contributed by atoms with Gasteiger partial charge in [0.1, 0.15) is 12.4 Å². The summed E-state index contributed by atoms with van der Waals surface area (Å²) >= 11 is 6.13. The van der Waals surface area contributed by atoms with Crippen LogP contribution in [0.2, 0.25) is 5.02 Å². The van der Waals surface area contributed by atoms with Crippen LogP contribution >= 0.6 is 11.6 Å². The second kappa shape index (κ2) is 6.37. The van der Waals surface area contributed by atoms with Gasteiger partial charge in [0.15, 0.2) is 0 Å². The first kappa shape index (κ1) is 14.2. The fraction of sp³-hybridized carbons (Fsp3) is 0.294. The van der Waals surface area contributed by atoms with E-state index in [1.807, 2.05) is 31.3 Å². The van der Waals surface area contributed by atoms with Gasteiger partial charge in [0.2, 0.25) is 0 Å². The highest BCUT2D eigenvalue weighted by molar-refractivity contribution is 6.30. The van der Waals surface area contributed by atoms with E-state index in [4.69, 9.17) is 16.3 Å². The van der Waals surface area contributed by atoms with Crippen LogP contribution in [0.25, 0.3) is 0 Å². The standard InChI is InChI=1S/C17H19ClN2O/c1-19-11-14-10-15(18)6-7-16(14)20-8-9-21-17-5-3-2-4-13(17)12-20/h2-7,10,19H,8-9,11-12H2,1H3. The second-order valence-corrected chi connectivity index (χ2v) is 5.62. The van der Waals surface area contributed by atoms with Crippen molar-refractivity contribution in [2.75, 3.05) is 25.1 Å². The normalized spacial score (nSPS) is 14.3. The fourth-order valence-corrected chi connectivity index (χ4v) is 2.92. The quantitative estimate of drug-likeness (QED) is 0.940. The van der Waals surface area contributed by atoms with Crippen molar-refractivity contribution >= 4 is 17.3 Å². The Labute approximate surface area is 130 Å². The lowest BCUT2D eigenvalue weighted by molar-refractivity contribution is 0.331. The van der Waals surface area contributed by atoms with Crippen molar-refractivity contribution in [2.45, 2.75) is 13.1 Å². The number of nitrogens with one attached hydrogen (secondary N) is 1. The van der Waals surface area contributed by atoms with E-state index in [0.29, 0.717) is 6.61 Å². The molecule has 4 heteroatoms. The molecule has 0 spiro atoms. The number of para-hydroxylation sites is 1. The van der Waals surface area contributed by atoms with Crippen LogP contribution in [0, 0.1) is 0 Å². The van der Waals surface area contributed by atoms with Gasteiger partial charge >= 0.3 is 0 Å². The Morgan fingerprint density at radius 3 is 2.95 bits per heavy atom. The molecule has 0 bridgehead atoms. The number of rotatable bonds is 3. The van der Waals surface area contributed by atoms with Gasteiger partial charge in [0.05, 0.1) is 6.54 Å². The van der Waals surface area contributed by atoms with Gasteiger partial charge < -0.3 is 15.0 Å². The molecule has 3 rings (SSSR count). The maximum absolute atomic E-state index is 6.13. The fourth-order valence-electron chi connectivity index (χ4n) is 2.73. The van der Waals surface area contributed by atoms with Crippen molar-refractivity contribution in [1.29, 1.82) is 0 Å². The molecule has 0 saturated heterocycles. The molecule has 0 aromatic heterocycles. The summed E-state index contributed by atoms with van der Waals surface area (Å²) in [5.41, 5.74) is 3.65. The molecule has 0 aliphatic carbocycles. The average Bonchev–Trinajstić information content (AvgIpc) is 2.70. The Hall–Kier alpha value is -1.71. The number of hydrogen-bond acceptors (Lipinski definition) is 3. The number of hydrogen-bond donors (Lipinski definition) is 1. The van der Waals surface area contributed by atoms with Gasteiger partial charge in [-0.15, -0.1) is 0 Å². The zero-order valence-electron chi connectivity index (χ0n) is 12.1. The van der Waals surface area contributed by atoms with E-state index >= 15 is 0 Å². The Kier molecular flexibility index (Phi) is 4.32. The Morgan fingerprint density at radius 1 is 1.24 bits per heavy atom. The first-order valence-electron chi connectivity index (χ1n) is 7.16. The van der Waals surface area contributed by atoms with Gasteiger partial charge in [0, 0.05) is 29.4 Å². The van der Waals surface area contributed by atoms with Crippen molar-refractivity contribution < 1.29 is 4.74 Å². The third kappa shape index (κ3) is 3.14.